The molecule has 4 atom stereocenters. The van der Waals surface area contributed by atoms with Gasteiger partial charge in [0.2, 0.25) is 5.91 Å². The van der Waals surface area contributed by atoms with E-state index in [0.717, 1.165) is 17.7 Å². The summed E-state index contributed by atoms with van der Waals surface area (Å²) in [5.41, 5.74) is 2.48. The smallest absolute Gasteiger partial charge is 0.258 e. The second kappa shape index (κ2) is 9.16. The molecule has 0 aliphatic carbocycles. The Hall–Kier alpha value is -2.77. The van der Waals surface area contributed by atoms with Gasteiger partial charge in [-0.05, 0) is 37.1 Å². The number of pyridine rings is 2. The van der Waals surface area contributed by atoms with E-state index in [4.69, 9.17) is 0 Å². The van der Waals surface area contributed by atoms with Crippen molar-refractivity contribution in [2.45, 2.75) is 45.4 Å². The van der Waals surface area contributed by atoms with E-state index in [-0.39, 0.29) is 36.1 Å². The van der Waals surface area contributed by atoms with Crippen LogP contribution in [0.25, 0.3) is 6.08 Å². The molecule has 0 saturated carbocycles. The first kappa shape index (κ1) is 21.5. The fraction of sp³-hybridized carbons (Fsp3) is 0.458. The fourth-order valence-electron chi connectivity index (χ4n) is 5.13. The number of hydrogen-bond acceptors (Lipinski definition) is 5. The van der Waals surface area contributed by atoms with E-state index in [1.165, 1.54) is 0 Å². The normalized spacial score (nSPS) is 25.0. The number of amides is 1. The predicted molar refractivity (Wildman–Crippen MR) is 119 cm³/mol. The van der Waals surface area contributed by atoms with Crippen LogP contribution in [0.15, 0.2) is 47.5 Å². The average molecular weight is 423 g/mol. The van der Waals surface area contributed by atoms with Gasteiger partial charge < -0.3 is 15.0 Å². The zero-order valence-corrected chi connectivity index (χ0v) is 18.1. The molecule has 7 nitrogen and oxygen atoms in total. The lowest BCUT2D eigenvalue weighted by Gasteiger charge is -2.38. The molecule has 0 radical (unpaired) electrons. The summed E-state index contributed by atoms with van der Waals surface area (Å²) in [6.07, 6.45) is 8.08. The summed E-state index contributed by atoms with van der Waals surface area (Å²) in [6, 6.07) is 7.33. The second-order valence-electron chi connectivity index (χ2n) is 8.34. The summed E-state index contributed by atoms with van der Waals surface area (Å²) in [7, 11) is 0. The molecule has 2 N–H and O–H groups in total. The van der Waals surface area contributed by atoms with Crippen LogP contribution in [-0.4, -0.2) is 44.7 Å². The highest BCUT2D eigenvalue weighted by Crippen LogP contribution is 2.48. The van der Waals surface area contributed by atoms with Crippen LogP contribution in [0.3, 0.4) is 0 Å². The van der Waals surface area contributed by atoms with Crippen molar-refractivity contribution in [3.63, 3.8) is 0 Å². The minimum atomic E-state index is -0.418. The molecule has 2 bridgehead atoms. The number of nitrogens with zero attached hydrogens (tertiary/aromatic N) is 3. The zero-order chi connectivity index (χ0) is 22.0. The maximum atomic E-state index is 13.2. The monoisotopic (exact) mass is 422 g/mol. The quantitative estimate of drug-likeness (QED) is 0.712. The number of aromatic nitrogens is 2. The van der Waals surface area contributed by atoms with E-state index >= 15 is 0 Å². The van der Waals surface area contributed by atoms with Crippen LogP contribution in [0.4, 0.5) is 0 Å². The van der Waals surface area contributed by atoms with Crippen LogP contribution in [0.2, 0.25) is 0 Å². The van der Waals surface area contributed by atoms with Crippen LogP contribution in [0.1, 0.15) is 43.1 Å². The van der Waals surface area contributed by atoms with Gasteiger partial charge in [0.15, 0.2) is 0 Å². The lowest BCUT2D eigenvalue weighted by molar-refractivity contribution is -0.127. The fourth-order valence-corrected chi connectivity index (χ4v) is 5.13. The zero-order valence-electron chi connectivity index (χ0n) is 18.1. The number of aliphatic hydroxyl groups excluding tert-OH is 1. The van der Waals surface area contributed by atoms with E-state index in [1.807, 2.05) is 56.5 Å². The van der Waals surface area contributed by atoms with Crippen LogP contribution >= 0.6 is 0 Å². The van der Waals surface area contributed by atoms with Gasteiger partial charge >= 0.3 is 0 Å². The molecule has 0 aromatic carbocycles. The van der Waals surface area contributed by atoms with E-state index < -0.39 is 5.92 Å². The predicted octanol–water partition coefficient (Wildman–Crippen LogP) is 1.97. The third-order valence-electron chi connectivity index (χ3n) is 6.49. The van der Waals surface area contributed by atoms with Gasteiger partial charge in [-0.1, -0.05) is 25.1 Å². The summed E-state index contributed by atoms with van der Waals surface area (Å²) in [5.74, 6) is -0.718. The molecule has 2 aromatic heterocycles. The third kappa shape index (κ3) is 3.83. The third-order valence-corrected chi connectivity index (χ3v) is 6.49. The Morgan fingerprint density at radius 3 is 2.87 bits per heavy atom. The molecule has 1 saturated heterocycles. The molecule has 4 rings (SSSR count). The molecule has 164 valence electrons. The van der Waals surface area contributed by atoms with Crippen LogP contribution in [0, 0.1) is 11.8 Å². The Balaban J connectivity index is 1.81. The van der Waals surface area contributed by atoms with Crippen molar-refractivity contribution in [1.82, 2.24) is 19.8 Å². The van der Waals surface area contributed by atoms with Gasteiger partial charge in [0.05, 0.1) is 12.0 Å². The Bertz CT molecular complexity index is 1020. The van der Waals surface area contributed by atoms with Crippen molar-refractivity contribution in [2.24, 2.45) is 11.8 Å². The summed E-state index contributed by atoms with van der Waals surface area (Å²) >= 11 is 0. The minimum Gasteiger partial charge on any atom is -0.396 e. The standard InChI is InChI=1S/C24H30N4O3/c1-3-6-17-8-9-19-22-21(23(30)26-10-4-2)18(15-29)20(14-28(19)24(17)31)27(22)13-16-7-5-11-25-12-16/h3,5-9,11-12,18,20-22,29H,4,10,13-15H2,1-2H3,(H,26,30)/b6-3-/t18-,20-,21+,22+/m0/s1. The van der Waals surface area contributed by atoms with Gasteiger partial charge in [0.1, 0.15) is 0 Å². The van der Waals surface area contributed by atoms with Gasteiger partial charge in [-0.25, -0.2) is 0 Å². The van der Waals surface area contributed by atoms with Gasteiger partial charge in [0, 0.05) is 61.9 Å². The summed E-state index contributed by atoms with van der Waals surface area (Å²) in [6.45, 7) is 5.48. The maximum absolute atomic E-state index is 13.2. The topological polar surface area (TPSA) is 87.5 Å². The van der Waals surface area contributed by atoms with E-state index in [2.05, 4.69) is 15.2 Å². The maximum Gasteiger partial charge on any atom is 0.258 e. The van der Waals surface area contributed by atoms with Crippen molar-refractivity contribution in [3.8, 4) is 0 Å². The van der Waals surface area contributed by atoms with Crippen molar-refractivity contribution in [2.75, 3.05) is 13.2 Å². The molecule has 2 aliphatic rings. The molecule has 7 heteroatoms. The first-order valence-corrected chi connectivity index (χ1v) is 11.0. The Kier molecular flexibility index (Phi) is 6.34. The molecular weight excluding hydrogens is 392 g/mol. The summed E-state index contributed by atoms with van der Waals surface area (Å²) in [4.78, 5) is 32.9. The second-order valence-corrected chi connectivity index (χ2v) is 8.34. The van der Waals surface area contributed by atoms with Crippen molar-refractivity contribution < 1.29 is 9.90 Å². The number of hydrogen-bond donors (Lipinski definition) is 2. The molecule has 0 unspecified atom stereocenters. The van der Waals surface area contributed by atoms with E-state index in [9.17, 15) is 14.7 Å². The van der Waals surface area contributed by atoms with Gasteiger partial charge in [-0.3, -0.25) is 19.5 Å². The highest BCUT2D eigenvalue weighted by molar-refractivity contribution is 5.80. The molecule has 1 amide bonds. The van der Waals surface area contributed by atoms with Crippen molar-refractivity contribution in [3.05, 3.63) is 69.9 Å². The lowest BCUT2D eigenvalue weighted by Crippen LogP contribution is -2.46. The molecular formula is C24H30N4O3. The molecule has 2 aliphatic heterocycles. The van der Waals surface area contributed by atoms with Crippen LogP contribution in [-0.2, 0) is 17.9 Å². The average Bonchev–Trinajstić information content (AvgIpc) is 2.99. The highest BCUT2D eigenvalue weighted by Gasteiger charge is 2.55. The number of carbonyl (C=O) groups is 1. The largest absolute Gasteiger partial charge is 0.396 e. The Morgan fingerprint density at radius 1 is 1.35 bits per heavy atom. The molecule has 4 heterocycles. The Labute approximate surface area is 182 Å². The van der Waals surface area contributed by atoms with Crippen LogP contribution in [0.5, 0.6) is 0 Å². The van der Waals surface area contributed by atoms with Crippen molar-refractivity contribution in [1.29, 1.82) is 0 Å². The van der Waals surface area contributed by atoms with E-state index in [0.29, 0.717) is 25.2 Å². The Morgan fingerprint density at radius 2 is 2.19 bits per heavy atom. The molecule has 2 aromatic rings. The number of aliphatic hydroxyl groups is 1. The first-order valence-electron chi connectivity index (χ1n) is 11.0. The minimum absolute atomic E-state index is 0.0436. The number of nitrogens with one attached hydrogen (secondary N) is 1. The van der Waals surface area contributed by atoms with Gasteiger partial charge in [-0.15, -0.1) is 0 Å². The van der Waals surface area contributed by atoms with Crippen LogP contribution < -0.4 is 10.9 Å². The number of rotatable bonds is 7. The number of allylic oxidation sites excluding steroid dienone is 1. The summed E-state index contributed by atoms with van der Waals surface area (Å²) in [5, 5.41) is 13.3. The number of carbonyl (C=O) groups excluding carboxylic acids is 1. The highest BCUT2D eigenvalue weighted by atomic mass is 16.3. The lowest BCUT2D eigenvalue weighted by atomic mass is 9.86. The SMILES string of the molecule is C/C=C\c1ccc2n(c1=O)C[C@H]1[C@H](CO)[C@@H](C(=O)NCCC)[C@@H]2N1Cc1cccnc1. The number of fused-ring (bicyclic) bond motifs is 4. The first-order chi connectivity index (χ1) is 15.1. The van der Waals surface area contributed by atoms with Gasteiger partial charge in [0.25, 0.3) is 5.56 Å². The molecule has 1 fully saturated rings. The summed E-state index contributed by atoms with van der Waals surface area (Å²) < 4.78 is 1.81. The molecule has 0 spiro atoms. The van der Waals surface area contributed by atoms with Crippen molar-refractivity contribution >= 4 is 12.0 Å². The molecule has 31 heavy (non-hydrogen) atoms. The van der Waals surface area contributed by atoms with E-state index in [1.54, 1.807) is 10.8 Å². The van der Waals surface area contributed by atoms with Gasteiger partial charge in [-0.2, -0.15) is 0 Å².